The lowest BCUT2D eigenvalue weighted by molar-refractivity contribution is 0.186. The zero-order valence-electron chi connectivity index (χ0n) is 5.42. The number of rotatable bonds is 3. The largest absolute Gasteiger partial charge is 0.388 e. The van der Waals surface area contributed by atoms with Crippen molar-refractivity contribution < 1.29 is 5.11 Å². The molecule has 0 aromatic heterocycles. The van der Waals surface area contributed by atoms with Crippen molar-refractivity contribution in [2.45, 2.75) is 13.0 Å². The van der Waals surface area contributed by atoms with E-state index in [1.165, 1.54) is 0 Å². The number of aliphatic hydroxyl groups is 1. The highest BCUT2D eigenvalue weighted by Gasteiger charge is 2.04. The molecule has 0 aliphatic carbocycles. The Bertz CT molecular complexity index is 109. The standard InChI is InChI=1S/C7H11IO/c1-3-6(2)7(9)4-5-8/h3-7,9H,1H2,2H3/t6-,7-/m0/s1. The van der Waals surface area contributed by atoms with Crippen LogP contribution in [0.1, 0.15) is 6.92 Å². The molecule has 1 nitrogen and oxygen atoms in total. The first-order chi connectivity index (χ1) is 4.22. The second-order valence-electron chi connectivity index (χ2n) is 1.90. The zero-order chi connectivity index (χ0) is 7.28. The third-order valence-corrected chi connectivity index (χ3v) is 1.60. The summed E-state index contributed by atoms with van der Waals surface area (Å²) in [5.41, 5.74) is 0. The van der Waals surface area contributed by atoms with Crippen LogP contribution in [0, 0.1) is 5.92 Å². The maximum absolute atomic E-state index is 9.15. The van der Waals surface area contributed by atoms with Crippen molar-refractivity contribution in [2.24, 2.45) is 5.92 Å². The monoisotopic (exact) mass is 238 g/mol. The van der Waals surface area contributed by atoms with Gasteiger partial charge in [-0.3, -0.25) is 0 Å². The Labute approximate surface area is 69.6 Å². The SMILES string of the molecule is C=C[C@H](C)[C@@H](O)C=CI. The minimum atomic E-state index is -0.376. The van der Waals surface area contributed by atoms with Crippen molar-refractivity contribution in [1.29, 1.82) is 0 Å². The molecule has 52 valence electrons. The van der Waals surface area contributed by atoms with Crippen molar-refractivity contribution in [3.63, 3.8) is 0 Å². The Morgan fingerprint density at radius 1 is 1.67 bits per heavy atom. The first-order valence-corrected chi connectivity index (χ1v) is 4.04. The topological polar surface area (TPSA) is 20.2 Å². The summed E-state index contributed by atoms with van der Waals surface area (Å²) in [7, 11) is 0. The highest BCUT2D eigenvalue weighted by molar-refractivity contribution is 14.1. The lowest BCUT2D eigenvalue weighted by Gasteiger charge is -2.08. The van der Waals surface area contributed by atoms with Gasteiger partial charge in [0.1, 0.15) is 0 Å². The third-order valence-electron chi connectivity index (χ3n) is 1.18. The van der Waals surface area contributed by atoms with Gasteiger partial charge in [-0.2, -0.15) is 0 Å². The molecular formula is C7H11IO. The molecule has 0 radical (unpaired) electrons. The second-order valence-corrected chi connectivity index (χ2v) is 2.62. The molecular weight excluding hydrogens is 227 g/mol. The van der Waals surface area contributed by atoms with Crippen LogP contribution in [-0.4, -0.2) is 11.2 Å². The predicted octanol–water partition coefficient (Wildman–Crippen LogP) is 2.12. The molecule has 2 atom stereocenters. The van der Waals surface area contributed by atoms with Gasteiger partial charge in [0.2, 0.25) is 0 Å². The summed E-state index contributed by atoms with van der Waals surface area (Å²) >= 11 is 2.08. The molecule has 0 saturated carbocycles. The van der Waals surface area contributed by atoms with E-state index in [4.69, 9.17) is 5.11 Å². The molecule has 0 saturated heterocycles. The molecule has 0 aliphatic rings. The first kappa shape index (κ1) is 9.17. The average Bonchev–Trinajstić information content (AvgIpc) is 1.87. The molecule has 0 aromatic rings. The highest BCUT2D eigenvalue weighted by atomic mass is 127. The Morgan fingerprint density at radius 3 is 2.56 bits per heavy atom. The van der Waals surface area contributed by atoms with Crippen molar-refractivity contribution in [1.82, 2.24) is 0 Å². The molecule has 0 spiro atoms. The van der Waals surface area contributed by atoms with Crippen LogP contribution in [0.25, 0.3) is 0 Å². The maximum Gasteiger partial charge on any atom is 0.0788 e. The van der Waals surface area contributed by atoms with E-state index >= 15 is 0 Å². The number of aliphatic hydroxyl groups excluding tert-OH is 1. The number of hydrogen-bond acceptors (Lipinski definition) is 1. The van der Waals surface area contributed by atoms with Gasteiger partial charge in [-0.15, -0.1) is 6.58 Å². The predicted molar refractivity (Wildman–Crippen MR) is 48.5 cm³/mol. The van der Waals surface area contributed by atoms with E-state index in [0.29, 0.717) is 0 Å². The van der Waals surface area contributed by atoms with Crippen LogP contribution >= 0.6 is 22.6 Å². The molecule has 0 aromatic carbocycles. The molecule has 0 aliphatic heterocycles. The fourth-order valence-corrected chi connectivity index (χ4v) is 0.815. The lowest BCUT2D eigenvalue weighted by atomic mass is 10.1. The number of hydrogen-bond donors (Lipinski definition) is 1. The van der Waals surface area contributed by atoms with E-state index in [2.05, 4.69) is 29.2 Å². The summed E-state index contributed by atoms with van der Waals surface area (Å²) in [6, 6.07) is 0. The van der Waals surface area contributed by atoms with E-state index in [1.54, 1.807) is 12.2 Å². The van der Waals surface area contributed by atoms with Crippen molar-refractivity contribution >= 4 is 22.6 Å². The molecule has 9 heavy (non-hydrogen) atoms. The molecule has 0 heterocycles. The molecule has 0 bridgehead atoms. The van der Waals surface area contributed by atoms with Gasteiger partial charge in [0, 0.05) is 5.92 Å². The number of halogens is 1. The Kier molecular flexibility index (Phi) is 5.09. The van der Waals surface area contributed by atoms with Crippen LogP contribution in [0.15, 0.2) is 22.8 Å². The van der Waals surface area contributed by atoms with Gasteiger partial charge in [-0.05, 0) is 10.2 Å². The van der Waals surface area contributed by atoms with Crippen LogP contribution in [0.4, 0.5) is 0 Å². The smallest absolute Gasteiger partial charge is 0.0788 e. The fraction of sp³-hybridized carbons (Fsp3) is 0.429. The first-order valence-electron chi connectivity index (χ1n) is 2.80. The van der Waals surface area contributed by atoms with Gasteiger partial charge in [-0.25, -0.2) is 0 Å². The van der Waals surface area contributed by atoms with Crippen LogP contribution in [0.3, 0.4) is 0 Å². The van der Waals surface area contributed by atoms with Gasteiger partial charge in [-0.1, -0.05) is 35.6 Å². The summed E-state index contributed by atoms with van der Waals surface area (Å²) in [6.45, 7) is 5.49. The summed E-state index contributed by atoms with van der Waals surface area (Å²) < 4.78 is 1.81. The summed E-state index contributed by atoms with van der Waals surface area (Å²) in [5, 5.41) is 9.15. The summed E-state index contributed by atoms with van der Waals surface area (Å²) in [4.78, 5) is 0. The van der Waals surface area contributed by atoms with Crippen molar-refractivity contribution in [2.75, 3.05) is 0 Å². The lowest BCUT2D eigenvalue weighted by Crippen LogP contribution is -2.11. The van der Waals surface area contributed by atoms with Crippen molar-refractivity contribution in [3.8, 4) is 0 Å². The second kappa shape index (κ2) is 4.99. The molecule has 2 heteroatoms. The molecule has 1 N–H and O–H groups in total. The highest BCUT2D eigenvalue weighted by Crippen LogP contribution is 2.05. The van der Waals surface area contributed by atoms with Gasteiger partial charge < -0.3 is 5.11 Å². The molecule has 0 unspecified atom stereocenters. The van der Waals surface area contributed by atoms with Crippen LogP contribution in [0.5, 0.6) is 0 Å². The van der Waals surface area contributed by atoms with Gasteiger partial charge in [0.05, 0.1) is 6.10 Å². The van der Waals surface area contributed by atoms with E-state index in [1.807, 2.05) is 11.0 Å². The van der Waals surface area contributed by atoms with Gasteiger partial charge in [0.25, 0.3) is 0 Å². The summed E-state index contributed by atoms with van der Waals surface area (Å²) in [5.74, 6) is 0.149. The van der Waals surface area contributed by atoms with E-state index < -0.39 is 0 Å². The minimum Gasteiger partial charge on any atom is -0.388 e. The Balaban J connectivity index is 3.71. The third kappa shape index (κ3) is 3.70. The Morgan fingerprint density at radius 2 is 2.22 bits per heavy atom. The minimum absolute atomic E-state index is 0.149. The molecule has 0 rings (SSSR count). The van der Waals surface area contributed by atoms with Crippen LogP contribution in [-0.2, 0) is 0 Å². The normalized spacial score (nSPS) is 17.7. The van der Waals surface area contributed by atoms with E-state index in [0.717, 1.165) is 0 Å². The van der Waals surface area contributed by atoms with Gasteiger partial charge in [0.15, 0.2) is 0 Å². The average molecular weight is 238 g/mol. The zero-order valence-corrected chi connectivity index (χ0v) is 7.58. The maximum atomic E-state index is 9.15. The molecule has 0 amide bonds. The van der Waals surface area contributed by atoms with E-state index in [-0.39, 0.29) is 12.0 Å². The fourth-order valence-electron chi connectivity index (χ4n) is 0.389. The van der Waals surface area contributed by atoms with Crippen molar-refractivity contribution in [3.05, 3.63) is 22.8 Å². The van der Waals surface area contributed by atoms with Crippen LogP contribution in [0.2, 0.25) is 0 Å². The van der Waals surface area contributed by atoms with Crippen LogP contribution < -0.4 is 0 Å². The Hall–Kier alpha value is 0.170. The van der Waals surface area contributed by atoms with E-state index in [9.17, 15) is 0 Å². The van der Waals surface area contributed by atoms with Gasteiger partial charge >= 0.3 is 0 Å². The quantitative estimate of drug-likeness (QED) is 0.589. The summed E-state index contributed by atoms with van der Waals surface area (Å²) in [6.07, 6.45) is 3.10. The molecule has 0 fully saturated rings.